The van der Waals surface area contributed by atoms with Crippen LogP contribution in [0.15, 0.2) is 24.3 Å². The summed E-state index contributed by atoms with van der Waals surface area (Å²) in [7, 11) is 2.85. The number of methoxy groups -OCH3 is 2. The number of aliphatic hydroxyl groups is 1. The summed E-state index contributed by atoms with van der Waals surface area (Å²) in [5.41, 5.74) is 0.272. The number of phenols is 1. The predicted octanol–water partition coefficient (Wildman–Crippen LogP) is 2.64. The quantitative estimate of drug-likeness (QED) is 0.765. The van der Waals surface area contributed by atoms with Crippen LogP contribution in [0.5, 0.6) is 17.2 Å². The molecule has 1 aromatic rings. The van der Waals surface area contributed by atoms with Crippen LogP contribution in [-0.4, -0.2) is 48.4 Å². The molecular formula is C20H24O7. The highest BCUT2D eigenvalue weighted by Gasteiger charge is 2.25. The number of hydrogen-bond acceptors (Lipinski definition) is 7. The molecule has 2 atom stereocenters. The zero-order valence-electron chi connectivity index (χ0n) is 15.6. The molecule has 0 radical (unpaired) electrons. The second-order valence-corrected chi connectivity index (χ2v) is 6.17. The Balaban J connectivity index is 2.54. The first-order valence-corrected chi connectivity index (χ1v) is 8.63. The lowest BCUT2D eigenvalue weighted by atomic mass is 10.0. The molecular weight excluding hydrogens is 352 g/mol. The summed E-state index contributed by atoms with van der Waals surface area (Å²) in [4.78, 5) is 24.5. The molecule has 0 spiro atoms. The smallest absolute Gasteiger partial charge is 0.342 e. The molecule has 2 rings (SSSR count). The summed E-state index contributed by atoms with van der Waals surface area (Å²) in [5.74, 6) is -0.857. The predicted molar refractivity (Wildman–Crippen MR) is 99.1 cm³/mol. The van der Waals surface area contributed by atoms with Gasteiger partial charge >= 0.3 is 5.97 Å². The molecule has 0 fully saturated rings. The summed E-state index contributed by atoms with van der Waals surface area (Å²) < 4.78 is 16.0. The first-order valence-electron chi connectivity index (χ1n) is 8.63. The Morgan fingerprint density at radius 2 is 1.89 bits per heavy atom. The van der Waals surface area contributed by atoms with E-state index in [9.17, 15) is 19.8 Å². The second-order valence-electron chi connectivity index (χ2n) is 6.17. The topological polar surface area (TPSA) is 102 Å². The van der Waals surface area contributed by atoms with Crippen molar-refractivity contribution in [3.8, 4) is 17.2 Å². The van der Waals surface area contributed by atoms with Crippen LogP contribution in [0, 0.1) is 0 Å². The maximum Gasteiger partial charge on any atom is 0.342 e. The number of ketones is 1. The van der Waals surface area contributed by atoms with E-state index >= 15 is 0 Å². The lowest BCUT2D eigenvalue weighted by molar-refractivity contribution is -0.122. The highest BCUT2D eigenvalue weighted by atomic mass is 16.5. The second kappa shape index (κ2) is 9.23. The third kappa shape index (κ3) is 4.89. The summed E-state index contributed by atoms with van der Waals surface area (Å²) in [6.45, 7) is 1.67. The minimum atomic E-state index is -1.10. The Hall–Kier alpha value is -2.80. The van der Waals surface area contributed by atoms with E-state index in [0.29, 0.717) is 18.4 Å². The molecule has 0 unspecified atom stereocenters. The van der Waals surface area contributed by atoms with Crippen molar-refractivity contribution in [3.63, 3.8) is 0 Å². The molecule has 0 bridgehead atoms. The number of cyclic esters (lactones) is 1. The molecule has 0 saturated carbocycles. The highest BCUT2D eigenvalue weighted by molar-refractivity contribution is 5.98. The molecule has 0 aliphatic carbocycles. The van der Waals surface area contributed by atoms with Gasteiger partial charge in [-0.25, -0.2) is 4.79 Å². The number of aromatic hydroxyl groups is 1. The van der Waals surface area contributed by atoms with Crippen LogP contribution >= 0.6 is 0 Å². The van der Waals surface area contributed by atoms with Crippen LogP contribution in [0.4, 0.5) is 0 Å². The van der Waals surface area contributed by atoms with Crippen molar-refractivity contribution >= 4 is 17.8 Å². The van der Waals surface area contributed by atoms with E-state index in [2.05, 4.69) is 0 Å². The standard InChI is InChI=1S/C20H24O7/c1-12-7-6-10-15(22)14(21)9-5-4-8-13-18(20(24)27-12)16(23)11-17(25-2)19(13)26-3/h4,6,8,10-12,14,21,23H,5,7,9H2,1-3H3/b8-4+,10-6-/t12-,14-/m0/s1. The number of benzene rings is 1. The van der Waals surface area contributed by atoms with Crippen molar-refractivity contribution < 1.29 is 34.0 Å². The normalized spacial score (nSPS) is 23.6. The SMILES string of the molecule is COc1cc(O)c2c(c1OC)/C=C/CC[C@H](O)C(=O)/C=C\C[C@H](C)OC2=O. The van der Waals surface area contributed by atoms with Gasteiger partial charge in [-0.2, -0.15) is 0 Å². The molecule has 146 valence electrons. The summed E-state index contributed by atoms with van der Waals surface area (Å²) in [5, 5.41) is 20.3. The minimum absolute atomic E-state index is 0.0339. The molecule has 7 heteroatoms. The molecule has 2 N–H and O–H groups in total. The number of rotatable bonds is 2. The van der Waals surface area contributed by atoms with Crippen molar-refractivity contribution in [2.24, 2.45) is 0 Å². The third-order valence-corrected chi connectivity index (χ3v) is 4.17. The Labute approximate surface area is 157 Å². The van der Waals surface area contributed by atoms with E-state index in [1.165, 1.54) is 26.4 Å². The van der Waals surface area contributed by atoms with E-state index in [1.807, 2.05) is 0 Å². The number of carbonyl (C=O) groups excluding carboxylic acids is 2. The summed E-state index contributed by atoms with van der Waals surface area (Å²) in [6.07, 6.45) is 5.38. The Morgan fingerprint density at radius 3 is 2.56 bits per heavy atom. The number of carbonyl (C=O) groups is 2. The Kier molecular flexibility index (Phi) is 7.01. The average molecular weight is 376 g/mol. The number of phenolic OH excluding ortho intramolecular Hbond substituents is 1. The number of fused-ring (bicyclic) bond motifs is 1. The third-order valence-electron chi connectivity index (χ3n) is 4.17. The summed E-state index contributed by atoms with van der Waals surface area (Å²) in [6, 6.07) is 1.29. The van der Waals surface area contributed by atoms with Crippen LogP contribution in [0.1, 0.15) is 42.1 Å². The van der Waals surface area contributed by atoms with Gasteiger partial charge in [0, 0.05) is 18.1 Å². The van der Waals surface area contributed by atoms with Crippen molar-refractivity contribution in [1.29, 1.82) is 0 Å². The van der Waals surface area contributed by atoms with Gasteiger partial charge < -0.3 is 24.4 Å². The molecule has 1 aliphatic rings. The average Bonchev–Trinajstić information content (AvgIpc) is 2.63. The number of aliphatic hydroxyl groups excluding tert-OH is 1. The van der Waals surface area contributed by atoms with Crippen molar-refractivity contribution in [1.82, 2.24) is 0 Å². The lowest BCUT2D eigenvalue weighted by Crippen LogP contribution is -2.19. The molecule has 7 nitrogen and oxygen atoms in total. The van der Waals surface area contributed by atoms with Crippen LogP contribution in [0.3, 0.4) is 0 Å². The molecule has 0 aromatic heterocycles. The van der Waals surface area contributed by atoms with Gasteiger partial charge in [0.05, 0.1) is 14.2 Å². The van der Waals surface area contributed by atoms with Gasteiger partial charge in [0.1, 0.15) is 23.5 Å². The van der Waals surface area contributed by atoms with Crippen molar-refractivity contribution in [2.45, 2.75) is 38.4 Å². The van der Waals surface area contributed by atoms with Crippen LogP contribution in [-0.2, 0) is 9.53 Å². The van der Waals surface area contributed by atoms with E-state index in [1.54, 1.807) is 25.2 Å². The zero-order chi connectivity index (χ0) is 20.0. The van der Waals surface area contributed by atoms with Crippen LogP contribution in [0.25, 0.3) is 6.08 Å². The van der Waals surface area contributed by atoms with Crippen molar-refractivity contribution in [2.75, 3.05) is 14.2 Å². The number of ether oxygens (including phenoxy) is 3. The molecule has 1 aliphatic heterocycles. The van der Waals surface area contributed by atoms with Crippen LogP contribution in [0.2, 0.25) is 0 Å². The first-order chi connectivity index (χ1) is 12.9. The van der Waals surface area contributed by atoms with Gasteiger partial charge in [-0.15, -0.1) is 0 Å². The van der Waals surface area contributed by atoms with Gasteiger partial charge in [-0.05, 0) is 25.8 Å². The highest BCUT2D eigenvalue weighted by Crippen LogP contribution is 2.40. The monoisotopic (exact) mass is 376 g/mol. The lowest BCUT2D eigenvalue weighted by Gasteiger charge is -2.18. The largest absolute Gasteiger partial charge is 0.507 e. The Bertz CT molecular complexity index is 764. The molecule has 1 heterocycles. The van der Waals surface area contributed by atoms with Gasteiger partial charge in [-0.1, -0.05) is 18.2 Å². The summed E-state index contributed by atoms with van der Waals surface area (Å²) >= 11 is 0. The number of esters is 1. The van der Waals surface area contributed by atoms with Crippen molar-refractivity contribution in [3.05, 3.63) is 35.4 Å². The van der Waals surface area contributed by atoms with Gasteiger partial charge in [0.2, 0.25) is 0 Å². The van der Waals surface area contributed by atoms with Gasteiger partial charge in [-0.3, -0.25) is 4.79 Å². The first kappa shape index (κ1) is 20.5. The van der Waals surface area contributed by atoms with Gasteiger partial charge in [0.25, 0.3) is 0 Å². The minimum Gasteiger partial charge on any atom is -0.507 e. The zero-order valence-corrected chi connectivity index (χ0v) is 15.6. The fourth-order valence-electron chi connectivity index (χ4n) is 2.76. The van der Waals surface area contributed by atoms with Crippen LogP contribution < -0.4 is 9.47 Å². The molecule has 27 heavy (non-hydrogen) atoms. The van der Waals surface area contributed by atoms with Gasteiger partial charge in [0.15, 0.2) is 17.3 Å². The maximum absolute atomic E-state index is 12.6. The number of hydrogen-bond donors (Lipinski definition) is 2. The van der Waals surface area contributed by atoms with E-state index in [0.717, 1.165) is 0 Å². The molecule has 0 amide bonds. The fraction of sp³-hybridized carbons (Fsp3) is 0.400. The molecule has 1 aromatic carbocycles. The number of allylic oxidation sites excluding steroid dienone is 1. The molecule has 0 saturated heterocycles. The van der Waals surface area contributed by atoms with E-state index < -0.39 is 24.0 Å². The Morgan fingerprint density at radius 1 is 1.15 bits per heavy atom. The van der Waals surface area contributed by atoms with E-state index in [-0.39, 0.29) is 29.2 Å². The maximum atomic E-state index is 12.6. The fourth-order valence-corrected chi connectivity index (χ4v) is 2.76. The van der Waals surface area contributed by atoms with E-state index in [4.69, 9.17) is 14.2 Å².